The molecule has 106 valence electrons. The average Bonchev–Trinajstić information content (AvgIpc) is 2.66. The highest BCUT2D eigenvalue weighted by atomic mass is 32.2. The van der Waals surface area contributed by atoms with Crippen LogP contribution in [0.15, 0.2) is 0 Å². The van der Waals surface area contributed by atoms with Crippen LogP contribution in [0.25, 0.3) is 0 Å². The van der Waals surface area contributed by atoms with E-state index in [-0.39, 0.29) is 23.6 Å². The third-order valence-corrected chi connectivity index (χ3v) is 4.65. The second-order valence-electron chi connectivity index (χ2n) is 5.23. The zero-order chi connectivity index (χ0) is 13.8. The molecule has 1 aliphatic rings. The fourth-order valence-electron chi connectivity index (χ4n) is 2.10. The first-order valence-electron chi connectivity index (χ1n) is 6.62. The van der Waals surface area contributed by atoms with Gasteiger partial charge in [0.15, 0.2) is 0 Å². The molecule has 0 saturated carbocycles. The maximum atomic E-state index is 11.7. The lowest BCUT2D eigenvalue weighted by molar-refractivity contribution is -0.129. The maximum absolute atomic E-state index is 11.7. The smallest absolute Gasteiger partial charge is 0.223 e. The summed E-state index contributed by atoms with van der Waals surface area (Å²) in [4.78, 5) is 13.5. The average molecular weight is 276 g/mol. The fourth-order valence-corrected chi connectivity index (χ4v) is 3.40. The number of nitrogens with zero attached hydrogens (tertiary/aromatic N) is 1. The largest absolute Gasteiger partial charge is 0.340 e. The molecule has 0 aromatic rings. The van der Waals surface area contributed by atoms with Crippen molar-refractivity contribution in [1.82, 2.24) is 9.62 Å². The third kappa shape index (κ3) is 4.57. The summed E-state index contributed by atoms with van der Waals surface area (Å²) < 4.78 is 25.9. The van der Waals surface area contributed by atoms with E-state index in [1.54, 1.807) is 0 Å². The minimum Gasteiger partial charge on any atom is -0.340 e. The summed E-state index contributed by atoms with van der Waals surface area (Å²) >= 11 is 0. The van der Waals surface area contributed by atoms with E-state index < -0.39 is 10.0 Å². The third-order valence-electron chi connectivity index (χ3n) is 3.22. The highest BCUT2D eigenvalue weighted by Gasteiger charge is 2.31. The van der Waals surface area contributed by atoms with Gasteiger partial charge in [-0.05, 0) is 26.2 Å². The van der Waals surface area contributed by atoms with E-state index in [1.165, 1.54) is 0 Å². The first-order valence-corrected chi connectivity index (χ1v) is 8.27. The van der Waals surface area contributed by atoms with Crippen molar-refractivity contribution >= 4 is 15.9 Å². The number of hydrogen-bond acceptors (Lipinski definition) is 3. The Kier molecular flexibility index (Phi) is 5.59. The van der Waals surface area contributed by atoms with Crippen LogP contribution in [-0.2, 0) is 14.8 Å². The molecule has 0 aromatic carbocycles. The van der Waals surface area contributed by atoms with Gasteiger partial charge in [0.25, 0.3) is 0 Å². The lowest BCUT2D eigenvalue weighted by Gasteiger charge is -2.21. The van der Waals surface area contributed by atoms with Crippen LogP contribution in [-0.4, -0.2) is 44.1 Å². The molecular weight excluding hydrogens is 252 g/mol. The number of hydrogen-bond donors (Lipinski definition) is 1. The van der Waals surface area contributed by atoms with Crippen LogP contribution in [0, 0.1) is 5.92 Å². The van der Waals surface area contributed by atoms with Gasteiger partial charge in [0.1, 0.15) is 0 Å². The van der Waals surface area contributed by atoms with E-state index in [0.29, 0.717) is 25.9 Å². The topological polar surface area (TPSA) is 66.5 Å². The zero-order valence-corrected chi connectivity index (χ0v) is 12.3. The number of rotatable bonds is 7. The molecule has 1 saturated heterocycles. The minimum absolute atomic E-state index is 0.108. The van der Waals surface area contributed by atoms with Crippen molar-refractivity contribution in [3.05, 3.63) is 0 Å². The van der Waals surface area contributed by atoms with Crippen molar-refractivity contribution in [2.24, 2.45) is 5.92 Å². The van der Waals surface area contributed by atoms with Crippen molar-refractivity contribution in [3.8, 4) is 0 Å². The Morgan fingerprint density at radius 3 is 2.61 bits per heavy atom. The highest BCUT2D eigenvalue weighted by molar-refractivity contribution is 7.89. The quantitative estimate of drug-likeness (QED) is 0.753. The van der Waals surface area contributed by atoms with Gasteiger partial charge in [-0.2, -0.15) is 0 Å². The Bertz CT molecular complexity index is 379. The van der Waals surface area contributed by atoms with Crippen LogP contribution in [0.4, 0.5) is 0 Å². The van der Waals surface area contributed by atoms with Gasteiger partial charge in [-0.1, -0.05) is 13.3 Å². The monoisotopic (exact) mass is 276 g/mol. The molecule has 1 atom stereocenters. The van der Waals surface area contributed by atoms with Crippen LogP contribution >= 0.6 is 0 Å². The molecule has 1 heterocycles. The molecule has 1 fully saturated rings. The number of likely N-dealkylation sites (tertiary alicyclic amines) is 1. The lowest BCUT2D eigenvalue weighted by atomic mass is 10.1. The Hall–Kier alpha value is -0.620. The summed E-state index contributed by atoms with van der Waals surface area (Å²) in [5.41, 5.74) is 0. The summed E-state index contributed by atoms with van der Waals surface area (Å²) in [6.07, 6.45) is 2.00. The number of sulfonamides is 1. The summed E-state index contributed by atoms with van der Waals surface area (Å²) in [5.74, 6) is 0.414. The van der Waals surface area contributed by atoms with Crippen LogP contribution in [0.2, 0.25) is 0 Å². The SMILES string of the molecule is CCCCS(=O)(=O)NCC1CC(=O)N(C(C)C)C1. The second-order valence-corrected chi connectivity index (χ2v) is 7.16. The summed E-state index contributed by atoms with van der Waals surface area (Å²) in [5, 5.41) is 0. The number of unbranched alkanes of at least 4 members (excludes halogenated alkanes) is 1. The van der Waals surface area contributed by atoms with Gasteiger partial charge in [0.2, 0.25) is 15.9 Å². The Morgan fingerprint density at radius 2 is 2.11 bits per heavy atom. The van der Waals surface area contributed by atoms with Crippen LogP contribution in [0.5, 0.6) is 0 Å². The molecule has 18 heavy (non-hydrogen) atoms. The molecule has 0 aliphatic carbocycles. The second kappa shape index (κ2) is 6.52. The Morgan fingerprint density at radius 1 is 1.44 bits per heavy atom. The molecule has 0 aromatic heterocycles. The lowest BCUT2D eigenvalue weighted by Crippen LogP contribution is -2.34. The molecule has 1 amide bonds. The normalized spacial score (nSPS) is 21.0. The first-order chi connectivity index (χ1) is 8.35. The summed E-state index contributed by atoms with van der Waals surface area (Å²) in [7, 11) is -3.17. The molecule has 1 unspecified atom stereocenters. The molecule has 0 radical (unpaired) electrons. The van der Waals surface area contributed by atoms with Crippen molar-refractivity contribution in [2.75, 3.05) is 18.8 Å². The Labute approximate surface area is 110 Å². The van der Waals surface area contributed by atoms with Gasteiger partial charge in [-0.25, -0.2) is 13.1 Å². The van der Waals surface area contributed by atoms with Crippen LogP contribution in [0.3, 0.4) is 0 Å². The molecule has 0 bridgehead atoms. The predicted octanol–water partition coefficient (Wildman–Crippen LogP) is 0.963. The van der Waals surface area contributed by atoms with E-state index in [2.05, 4.69) is 4.72 Å². The van der Waals surface area contributed by atoms with Crippen molar-refractivity contribution < 1.29 is 13.2 Å². The van der Waals surface area contributed by atoms with Gasteiger partial charge < -0.3 is 4.90 Å². The van der Waals surface area contributed by atoms with Crippen molar-refractivity contribution in [2.45, 2.75) is 46.1 Å². The minimum atomic E-state index is -3.17. The van der Waals surface area contributed by atoms with E-state index in [4.69, 9.17) is 0 Å². The standard InChI is InChI=1S/C12H24N2O3S/c1-4-5-6-18(16,17)13-8-11-7-12(15)14(9-11)10(2)3/h10-11,13H,4-9H2,1-3H3. The van der Waals surface area contributed by atoms with E-state index >= 15 is 0 Å². The number of amides is 1. The zero-order valence-electron chi connectivity index (χ0n) is 11.5. The summed E-state index contributed by atoms with van der Waals surface area (Å²) in [6, 6.07) is 0.194. The maximum Gasteiger partial charge on any atom is 0.223 e. The van der Waals surface area contributed by atoms with Gasteiger partial charge in [-0.15, -0.1) is 0 Å². The fraction of sp³-hybridized carbons (Fsp3) is 0.917. The number of carbonyl (C=O) groups excluding carboxylic acids is 1. The Balaban J connectivity index is 2.40. The van der Waals surface area contributed by atoms with E-state index in [0.717, 1.165) is 6.42 Å². The van der Waals surface area contributed by atoms with E-state index in [1.807, 2.05) is 25.7 Å². The molecule has 6 heteroatoms. The molecule has 1 N–H and O–H groups in total. The number of carbonyl (C=O) groups is 1. The van der Waals surface area contributed by atoms with Crippen molar-refractivity contribution in [1.29, 1.82) is 0 Å². The molecule has 1 rings (SSSR count). The summed E-state index contributed by atoms with van der Waals surface area (Å²) in [6.45, 7) is 6.96. The molecule has 5 nitrogen and oxygen atoms in total. The van der Waals surface area contributed by atoms with Gasteiger partial charge in [-0.3, -0.25) is 4.79 Å². The van der Waals surface area contributed by atoms with Gasteiger partial charge in [0, 0.05) is 25.6 Å². The van der Waals surface area contributed by atoms with Crippen LogP contribution < -0.4 is 4.72 Å². The van der Waals surface area contributed by atoms with Gasteiger partial charge in [0.05, 0.1) is 5.75 Å². The predicted molar refractivity (Wildman–Crippen MR) is 71.7 cm³/mol. The molecule has 1 aliphatic heterocycles. The number of nitrogens with one attached hydrogen (secondary N) is 1. The molecular formula is C12H24N2O3S. The van der Waals surface area contributed by atoms with E-state index in [9.17, 15) is 13.2 Å². The molecule has 0 spiro atoms. The first kappa shape index (κ1) is 15.4. The van der Waals surface area contributed by atoms with Gasteiger partial charge >= 0.3 is 0 Å². The van der Waals surface area contributed by atoms with Crippen molar-refractivity contribution in [3.63, 3.8) is 0 Å². The highest BCUT2D eigenvalue weighted by Crippen LogP contribution is 2.19. The van der Waals surface area contributed by atoms with Crippen LogP contribution in [0.1, 0.15) is 40.0 Å².